The van der Waals surface area contributed by atoms with Crippen LogP contribution >= 0.6 is 0 Å². The summed E-state index contributed by atoms with van der Waals surface area (Å²) in [6.07, 6.45) is 4.61. The number of rotatable bonds is 11. The Morgan fingerprint density at radius 2 is 1.60 bits per heavy atom. The van der Waals surface area contributed by atoms with Crippen LogP contribution in [0.15, 0.2) is 66.7 Å². The lowest BCUT2D eigenvalue weighted by Crippen LogP contribution is -2.44. The highest BCUT2D eigenvalue weighted by atomic mass is 16.5. The van der Waals surface area contributed by atoms with E-state index in [2.05, 4.69) is 17.9 Å². The summed E-state index contributed by atoms with van der Waals surface area (Å²) in [5.74, 6) is 0.364. The fourth-order valence-corrected chi connectivity index (χ4v) is 6.55. The predicted molar refractivity (Wildman–Crippen MR) is 160 cm³/mol. The minimum atomic E-state index is -1.01. The van der Waals surface area contributed by atoms with Gasteiger partial charge in [0.2, 0.25) is 0 Å². The van der Waals surface area contributed by atoms with Crippen LogP contribution in [0.3, 0.4) is 0 Å². The molecule has 4 rings (SSSR count). The lowest BCUT2D eigenvalue weighted by atomic mass is 9.72. The normalized spacial score (nSPS) is 15.7. The van der Waals surface area contributed by atoms with Crippen LogP contribution in [0.4, 0.5) is 0 Å². The van der Waals surface area contributed by atoms with Crippen molar-refractivity contribution in [2.75, 3.05) is 19.6 Å². The molecule has 3 aromatic carbocycles. The van der Waals surface area contributed by atoms with Crippen molar-refractivity contribution in [3.63, 3.8) is 0 Å². The van der Waals surface area contributed by atoms with Crippen LogP contribution in [-0.2, 0) is 16.8 Å². The maximum Gasteiger partial charge on any atom is 0.308 e. The zero-order valence-corrected chi connectivity index (χ0v) is 24.5. The lowest BCUT2D eigenvalue weighted by Gasteiger charge is -2.42. The van der Waals surface area contributed by atoms with Crippen LogP contribution < -0.4 is 4.74 Å². The average molecular weight is 544 g/mol. The summed E-state index contributed by atoms with van der Waals surface area (Å²) < 4.78 is 5.52. The number of carbonyl (C=O) groups is 1. The maximum atomic E-state index is 12.1. The summed E-state index contributed by atoms with van der Waals surface area (Å²) in [5, 5.41) is 23.4. The Kier molecular flexibility index (Phi) is 10.2. The van der Waals surface area contributed by atoms with Crippen molar-refractivity contribution < 1.29 is 19.7 Å². The van der Waals surface area contributed by atoms with E-state index < -0.39 is 11.7 Å². The van der Waals surface area contributed by atoms with Crippen LogP contribution in [0.5, 0.6) is 5.75 Å². The third-order valence-corrected chi connectivity index (χ3v) is 8.50. The van der Waals surface area contributed by atoms with Gasteiger partial charge in [-0.25, -0.2) is 0 Å². The Morgan fingerprint density at radius 1 is 1.02 bits per heavy atom. The second-order valence-electron chi connectivity index (χ2n) is 11.3. The fourth-order valence-electron chi connectivity index (χ4n) is 6.55. The van der Waals surface area contributed by atoms with E-state index in [-0.39, 0.29) is 11.9 Å². The van der Waals surface area contributed by atoms with Crippen molar-refractivity contribution in [1.29, 1.82) is 0 Å². The molecule has 5 nitrogen and oxygen atoms in total. The molecule has 1 atom stereocenters. The van der Waals surface area contributed by atoms with Gasteiger partial charge < -0.3 is 19.8 Å². The molecule has 1 aliphatic heterocycles. The number of hydrogen-bond donors (Lipinski definition) is 2. The van der Waals surface area contributed by atoms with E-state index in [0.717, 1.165) is 85.1 Å². The van der Waals surface area contributed by atoms with Crippen molar-refractivity contribution in [3.05, 3.63) is 100 Å². The van der Waals surface area contributed by atoms with E-state index in [1.165, 1.54) is 6.92 Å². The number of benzene rings is 3. The number of ether oxygens (including phenoxy) is 1. The van der Waals surface area contributed by atoms with Crippen molar-refractivity contribution in [2.24, 2.45) is 5.92 Å². The number of likely N-dealkylation sites (tertiary alicyclic amines) is 1. The molecule has 0 radical (unpaired) electrons. The third kappa shape index (κ3) is 6.65. The molecule has 40 heavy (non-hydrogen) atoms. The number of hydrogen-bond acceptors (Lipinski definition) is 5. The Bertz CT molecular complexity index is 1210. The van der Waals surface area contributed by atoms with Gasteiger partial charge in [-0.15, -0.1) is 0 Å². The molecule has 214 valence electrons. The lowest BCUT2D eigenvalue weighted by molar-refractivity contribution is -0.132. The summed E-state index contributed by atoms with van der Waals surface area (Å²) >= 11 is 0. The number of piperidine rings is 1. The maximum absolute atomic E-state index is 12.1. The molecular formula is C35H45NO4. The smallest absolute Gasteiger partial charge is 0.308 e. The summed E-state index contributed by atoms with van der Waals surface area (Å²) in [4.78, 5) is 14.2. The summed E-state index contributed by atoms with van der Waals surface area (Å²) in [6, 6.07) is 22.2. The largest absolute Gasteiger partial charge is 0.426 e. The summed E-state index contributed by atoms with van der Waals surface area (Å²) in [5.41, 5.74) is 4.75. The molecule has 5 heteroatoms. The molecule has 1 heterocycles. The monoisotopic (exact) mass is 543 g/mol. The third-order valence-electron chi connectivity index (χ3n) is 8.50. The van der Waals surface area contributed by atoms with Gasteiger partial charge in [0, 0.05) is 6.92 Å². The Labute approximate surface area is 239 Å². The molecule has 0 saturated carbocycles. The molecule has 1 aliphatic rings. The van der Waals surface area contributed by atoms with Crippen molar-refractivity contribution >= 4 is 5.97 Å². The number of esters is 1. The van der Waals surface area contributed by atoms with Gasteiger partial charge in [0.05, 0.1) is 6.10 Å². The fraction of sp³-hybridized carbons (Fsp3) is 0.457. The Morgan fingerprint density at radius 3 is 2.12 bits per heavy atom. The van der Waals surface area contributed by atoms with E-state index in [9.17, 15) is 15.0 Å². The van der Waals surface area contributed by atoms with Gasteiger partial charge in [0.1, 0.15) is 11.4 Å². The van der Waals surface area contributed by atoms with Crippen LogP contribution in [0.1, 0.15) is 85.4 Å². The van der Waals surface area contributed by atoms with E-state index in [1.54, 1.807) is 0 Å². The topological polar surface area (TPSA) is 70.0 Å². The molecule has 0 bridgehead atoms. The first-order chi connectivity index (χ1) is 19.3. The number of aryl methyl sites for hydroxylation is 2. The Balaban J connectivity index is 1.40. The molecule has 3 aromatic rings. The molecule has 0 amide bonds. The molecule has 1 fully saturated rings. The van der Waals surface area contributed by atoms with E-state index >= 15 is 0 Å². The molecule has 0 aromatic heterocycles. The highest BCUT2D eigenvalue weighted by Crippen LogP contribution is 2.42. The van der Waals surface area contributed by atoms with Gasteiger partial charge in [-0.2, -0.15) is 0 Å². The zero-order chi connectivity index (χ0) is 28.7. The second kappa shape index (κ2) is 13.6. The van der Waals surface area contributed by atoms with E-state index in [4.69, 9.17) is 4.74 Å². The van der Waals surface area contributed by atoms with Gasteiger partial charge >= 0.3 is 5.97 Å². The highest BCUT2D eigenvalue weighted by Gasteiger charge is 2.41. The first-order valence-corrected chi connectivity index (χ1v) is 14.8. The highest BCUT2D eigenvalue weighted by molar-refractivity contribution is 5.71. The number of nitrogens with zero attached hydrogens (tertiary/aromatic N) is 1. The standard InChI is InChI=1S/C35H45NO4/c1-5-13-28-24-25(2)34(40-27(4)37)26(3)33(28)32(38)18-12-21-36-22-19-31(20-23-36)35(39,29-14-8-6-9-15-29)30-16-10-7-11-17-30/h6-11,14-17,24,31-32,38-39H,5,12-13,18-23H2,1-4H3. The second-order valence-corrected chi connectivity index (χ2v) is 11.3. The molecular weight excluding hydrogens is 498 g/mol. The molecule has 0 aliphatic carbocycles. The quantitative estimate of drug-likeness (QED) is 0.210. The van der Waals surface area contributed by atoms with Crippen LogP contribution in [0, 0.1) is 19.8 Å². The first kappa shape index (κ1) is 30.0. The average Bonchev–Trinajstić information content (AvgIpc) is 2.96. The van der Waals surface area contributed by atoms with Gasteiger partial charge in [0.25, 0.3) is 0 Å². The molecule has 1 unspecified atom stereocenters. The minimum absolute atomic E-state index is 0.130. The van der Waals surface area contributed by atoms with Gasteiger partial charge in [-0.1, -0.05) is 80.1 Å². The SMILES string of the molecule is CCCc1cc(C)c(OC(C)=O)c(C)c1C(O)CCCN1CCC(C(O)(c2ccccc2)c2ccccc2)CC1. The predicted octanol–water partition coefficient (Wildman–Crippen LogP) is 6.64. The van der Waals surface area contributed by atoms with E-state index in [1.807, 2.05) is 74.5 Å². The Hall–Kier alpha value is -2.99. The first-order valence-electron chi connectivity index (χ1n) is 14.8. The van der Waals surface area contributed by atoms with Crippen molar-refractivity contribution in [2.45, 2.75) is 77.9 Å². The van der Waals surface area contributed by atoms with E-state index in [0.29, 0.717) is 12.2 Å². The van der Waals surface area contributed by atoms with Crippen molar-refractivity contribution in [1.82, 2.24) is 4.90 Å². The van der Waals surface area contributed by atoms with Crippen LogP contribution in [0.25, 0.3) is 0 Å². The number of carbonyl (C=O) groups excluding carboxylic acids is 1. The van der Waals surface area contributed by atoms with Crippen LogP contribution in [0.2, 0.25) is 0 Å². The van der Waals surface area contributed by atoms with Gasteiger partial charge in [0.15, 0.2) is 0 Å². The van der Waals surface area contributed by atoms with Crippen LogP contribution in [-0.4, -0.2) is 40.7 Å². The molecule has 1 saturated heterocycles. The number of aliphatic hydroxyl groups excluding tert-OH is 1. The molecule has 2 N–H and O–H groups in total. The summed E-state index contributed by atoms with van der Waals surface area (Å²) in [6.45, 7) is 10.2. The minimum Gasteiger partial charge on any atom is -0.426 e. The zero-order valence-electron chi connectivity index (χ0n) is 24.5. The number of aliphatic hydroxyl groups is 2. The van der Waals surface area contributed by atoms with Gasteiger partial charge in [-0.05, 0) is 105 Å². The molecule has 0 spiro atoms. The van der Waals surface area contributed by atoms with Crippen molar-refractivity contribution in [3.8, 4) is 5.75 Å². The summed E-state index contributed by atoms with van der Waals surface area (Å²) in [7, 11) is 0. The van der Waals surface area contributed by atoms with Gasteiger partial charge in [-0.3, -0.25) is 4.79 Å².